The Kier molecular flexibility index (Phi) is 9.79. The number of rotatable bonds is 6. The number of aliphatic hydroxyl groups is 1. The van der Waals surface area contributed by atoms with Gasteiger partial charge in [0.1, 0.15) is 6.54 Å². The summed E-state index contributed by atoms with van der Waals surface area (Å²) in [4.78, 5) is 2.59. The standard InChI is InChI=1S/C9H19N.C5H14NO/c1-2-3-4-7-10-8-5-6-9-10;1-6(2,3)4-5-7/h2-9H2,1H3;7H,4-5H2,1-3H3/q;+1. The third-order valence-corrected chi connectivity index (χ3v) is 3.05. The number of likely N-dealkylation sites (tertiary alicyclic amines) is 1. The first kappa shape index (κ1) is 16.9. The van der Waals surface area contributed by atoms with Crippen LogP contribution in [0.25, 0.3) is 0 Å². The van der Waals surface area contributed by atoms with Crippen LogP contribution < -0.4 is 0 Å². The van der Waals surface area contributed by atoms with Crippen LogP contribution in [0.2, 0.25) is 0 Å². The van der Waals surface area contributed by atoms with Crippen molar-refractivity contribution in [1.82, 2.24) is 4.90 Å². The van der Waals surface area contributed by atoms with Gasteiger partial charge in [0, 0.05) is 0 Å². The molecule has 104 valence electrons. The molecule has 1 aliphatic heterocycles. The van der Waals surface area contributed by atoms with Crippen molar-refractivity contribution >= 4 is 0 Å². The van der Waals surface area contributed by atoms with E-state index in [1.807, 2.05) is 0 Å². The van der Waals surface area contributed by atoms with Crippen molar-refractivity contribution in [1.29, 1.82) is 0 Å². The van der Waals surface area contributed by atoms with Crippen LogP contribution in [0.4, 0.5) is 0 Å². The molecule has 0 saturated carbocycles. The summed E-state index contributed by atoms with van der Waals surface area (Å²) < 4.78 is 0.844. The monoisotopic (exact) mass is 245 g/mol. The SMILES string of the molecule is CCCCCN1CCCC1.C[N+](C)(C)CCO. The summed E-state index contributed by atoms with van der Waals surface area (Å²) >= 11 is 0. The van der Waals surface area contributed by atoms with Crippen molar-refractivity contribution < 1.29 is 9.59 Å². The predicted octanol–water partition coefficient (Wildman–Crippen LogP) is 1.96. The second-order valence-electron chi connectivity index (χ2n) is 5.99. The highest BCUT2D eigenvalue weighted by Crippen LogP contribution is 2.08. The molecule has 0 bridgehead atoms. The first-order chi connectivity index (χ1) is 7.99. The average Bonchev–Trinajstić information content (AvgIpc) is 2.70. The van der Waals surface area contributed by atoms with E-state index in [0.29, 0.717) is 0 Å². The molecule has 1 N–H and O–H groups in total. The van der Waals surface area contributed by atoms with Gasteiger partial charge in [-0.1, -0.05) is 19.8 Å². The van der Waals surface area contributed by atoms with Crippen molar-refractivity contribution in [2.45, 2.75) is 39.0 Å². The lowest BCUT2D eigenvalue weighted by Crippen LogP contribution is -2.36. The van der Waals surface area contributed by atoms with E-state index in [-0.39, 0.29) is 6.61 Å². The van der Waals surface area contributed by atoms with Crippen molar-refractivity contribution in [3.63, 3.8) is 0 Å². The van der Waals surface area contributed by atoms with E-state index in [4.69, 9.17) is 5.11 Å². The number of nitrogens with zero attached hydrogens (tertiary/aromatic N) is 2. The first-order valence-corrected chi connectivity index (χ1v) is 7.13. The van der Waals surface area contributed by atoms with Crippen LogP contribution in [0.15, 0.2) is 0 Å². The van der Waals surface area contributed by atoms with E-state index >= 15 is 0 Å². The van der Waals surface area contributed by atoms with Crippen molar-refractivity contribution in [3.8, 4) is 0 Å². The number of aliphatic hydroxyl groups excluding tert-OH is 1. The highest BCUT2D eigenvalue weighted by Gasteiger charge is 2.09. The second-order valence-corrected chi connectivity index (χ2v) is 5.99. The summed E-state index contributed by atoms with van der Waals surface area (Å²) in [7, 11) is 6.16. The zero-order valence-corrected chi connectivity index (χ0v) is 12.4. The van der Waals surface area contributed by atoms with E-state index in [9.17, 15) is 0 Å². The third kappa shape index (κ3) is 12.1. The van der Waals surface area contributed by atoms with E-state index in [1.165, 1.54) is 51.7 Å². The highest BCUT2D eigenvalue weighted by atomic mass is 16.3. The van der Waals surface area contributed by atoms with Gasteiger partial charge < -0.3 is 14.5 Å². The molecule has 17 heavy (non-hydrogen) atoms. The molecule has 1 aliphatic rings. The quantitative estimate of drug-likeness (QED) is 0.571. The molecule has 0 amide bonds. The molecule has 1 rings (SSSR count). The minimum Gasteiger partial charge on any atom is -0.391 e. The Balaban J connectivity index is 0.000000325. The molecule has 0 radical (unpaired) electrons. The lowest BCUT2D eigenvalue weighted by atomic mass is 10.2. The number of quaternary nitrogens is 1. The molecule has 3 heteroatoms. The van der Waals surface area contributed by atoms with Crippen LogP contribution in [-0.2, 0) is 0 Å². The van der Waals surface area contributed by atoms with Gasteiger partial charge in [-0.05, 0) is 38.9 Å². The fraction of sp³-hybridized carbons (Fsp3) is 1.00. The van der Waals surface area contributed by atoms with Gasteiger partial charge in [0.15, 0.2) is 0 Å². The zero-order valence-electron chi connectivity index (χ0n) is 12.4. The molecule has 1 heterocycles. The minimum atomic E-state index is 0.281. The zero-order chi connectivity index (χ0) is 13.1. The Bertz CT molecular complexity index is 160. The average molecular weight is 245 g/mol. The van der Waals surface area contributed by atoms with Crippen LogP contribution in [0.3, 0.4) is 0 Å². The normalized spacial score (nSPS) is 16.8. The Hall–Kier alpha value is -0.120. The molecular formula is C14H33N2O+. The fourth-order valence-corrected chi connectivity index (χ4v) is 1.89. The predicted molar refractivity (Wildman–Crippen MR) is 75.2 cm³/mol. The second kappa shape index (κ2) is 9.86. The Labute approximate surface area is 108 Å². The third-order valence-electron chi connectivity index (χ3n) is 3.05. The summed E-state index contributed by atoms with van der Waals surface area (Å²) in [5.74, 6) is 0. The number of hydrogen-bond donors (Lipinski definition) is 1. The number of likely N-dealkylation sites (N-methyl/N-ethyl adjacent to an activating group) is 1. The van der Waals surface area contributed by atoms with Gasteiger partial charge >= 0.3 is 0 Å². The van der Waals surface area contributed by atoms with E-state index in [1.54, 1.807) is 0 Å². The Morgan fingerprint density at radius 1 is 1.06 bits per heavy atom. The lowest BCUT2D eigenvalue weighted by molar-refractivity contribution is -0.870. The van der Waals surface area contributed by atoms with E-state index in [2.05, 4.69) is 33.0 Å². The molecule has 0 aromatic carbocycles. The van der Waals surface area contributed by atoms with Gasteiger partial charge in [-0.2, -0.15) is 0 Å². The van der Waals surface area contributed by atoms with Crippen LogP contribution >= 0.6 is 0 Å². The van der Waals surface area contributed by atoms with Crippen molar-refractivity contribution in [2.75, 3.05) is 53.9 Å². The van der Waals surface area contributed by atoms with E-state index in [0.717, 1.165) is 11.0 Å². The molecule has 0 aromatic rings. The topological polar surface area (TPSA) is 23.5 Å². The van der Waals surface area contributed by atoms with Crippen LogP contribution in [0, 0.1) is 0 Å². The van der Waals surface area contributed by atoms with Crippen molar-refractivity contribution in [3.05, 3.63) is 0 Å². The molecule has 0 atom stereocenters. The Morgan fingerprint density at radius 2 is 1.65 bits per heavy atom. The van der Waals surface area contributed by atoms with E-state index < -0.39 is 0 Å². The molecule has 0 aromatic heterocycles. The summed E-state index contributed by atoms with van der Waals surface area (Å²) in [6.07, 6.45) is 7.05. The van der Waals surface area contributed by atoms with Crippen LogP contribution in [-0.4, -0.2) is 68.4 Å². The maximum absolute atomic E-state index is 8.39. The van der Waals surface area contributed by atoms with Crippen molar-refractivity contribution in [2.24, 2.45) is 0 Å². The fourth-order valence-electron chi connectivity index (χ4n) is 1.89. The molecule has 1 fully saturated rings. The van der Waals surface area contributed by atoms with Gasteiger partial charge in [-0.3, -0.25) is 0 Å². The molecule has 3 nitrogen and oxygen atoms in total. The number of unbranched alkanes of at least 4 members (excludes halogenated alkanes) is 2. The minimum absolute atomic E-state index is 0.281. The lowest BCUT2D eigenvalue weighted by Gasteiger charge is -2.21. The summed E-state index contributed by atoms with van der Waals surface area (Å²) in [5.41, 5.74) is 0. The van der Waals surface area contributed by atoms with Gasteiger partial charge in [0.25, 0.3) is 0 Å². The summed E-state index contributed by atoms with van der Waals surface area (Å²) in [5, 5.41) is 8.39. The molecule has 0 aliphatic carbocycles. The van der Waals surface area contributed by atoms with Crippen LogP contribution in [0.5, 0.6) is 0 Å². The maximum Gasteiger partial charge on any atom is 0.101 e. The first-order valence-electron chi connectivity index (χ1n) is 7.13. The summed E-state index contributed by atoms with van der Waals surface area (Å²) in [6, 6.07) is 0. The highest BCUT2D eigenvalue weighted by molar-refractivity contribution is 4.65. The number of hydrogen-bond acceptors (Lipinski definition) is 2. The van der Waals surface area contributed by atoms with Gasteiger partial charge in [-0.15, -0.1) is 0 Å². The van der Waals surface area contributed by atoms with Gasteiger partial charge in [0.2, 0.25) is 0 Å². The van der Waals surface area contributed by atoms with Gasteiger partial charge in [0.05, 0.1) is 27.7 Å². The molecule has 0 unspecified atom stereocenters. The smallest absolute Gasteiger partial charge is 0.101 e. The molecule has 1 saturated heterocycles. The maximum atomic E-state index is 8.39. The van der Waals surface area contributed by atoms with Crippen LogP contribution in [0.1, 0.15) is 39.0 Å². The molecule has 0 spiro atoms. The molecular weight excluding hydrogens is 212 g/mol. The Morgan fingerprint density at radius 3 is 2.00 bits per heavy atom. The summed E-state index contributed by atoms with van der Waals surface area (Å²) in [6.45, 7) is 7.47. The largest absolute Gasteiger partial charge is 0.391 e. The van der Waals surface area contributed by atoms with Gasteiger partial charge in [-0.25, -0.2) is 0 Å².